The van der Waals surface area contributed by atoms with Gasteiger partial charge >= 0.3 is 0 Å². The Balaban J connectivity index is 1.99. The third-order valence-corrected chi connectivity index (χ3v) is 5.38. The Bertz CT molecular complexity index is 455. The topological polar surface area (TPSA) is 18.5 Å². The minimum absolute atomic E-state index is 0.368. The Morgan fingerprint density at radius 2 is 2.05 bits per heavy atom. The van der Waals surface area contributed by atoms with Gasteiger partial charge in [-0.05, 0) is 70.6 Å². The molecule has 1 aliphatic heterocycles. The van der Waals surface area contributed by atoms with E-state index in [4.69, 9.17) is 0 Å². The summed E-state index contributed by atoms with van der Waals surface area (Å²) in [4.78, 5) is 4.83. The van der Waals surface area contributed by atoms with E-state index in [1.807, 2.05) is 7.05 Å². The van der Waals surface area contributed by atoms with Crippen LogP contribution in [0.1, 0.15) is 31.4 Å². The van der Waals surface area contributed by atoms with Gasteiger partial charge in [0.05, 0.1) is 0 Å². The van der Waals surface area contributed by atoms with Crippen molar-refractivity contribution in [2.75, 3.05) is 45.7 Å². The first-order valence-corrected chi connectivity index (χ1v) is 8.67. The maximum Gasteiger partial charge on any atom is 0.0375 e. The standard InChI is InChI=1S/C17H28BrN3/c1-13(19-2)16-6-5-15(11-17(16)18)21(4)12-14-7-9-20(3)10-8-14/h5-6,11,13-14,19H,7-10,12H2,1-4H3. The van der Waals surface area contributed by atoms with Gasteiger partial charge in [0, 0.05) is 29.8 Å². The lowest BCUT2D eigenvalue weighted by Crippen LogP contribution is -2.35. The zero-order valence-electron chi connectivity index (χ0n) is 13.7. The second kappa shape index (κ2) is 7.61. The van der Waals surface area contributed by atoms with Gasteiger partial charge in [-0.15, -0.1) is 0 Å². The third-order valence-electron chi connectivity index (χ3n) is 4.69. The van der Waals surface area contributed by atoms with Gasteiger partial charge in [-0.1, -0.05) is 22.0 Å². The molecule has 0 amide bonds. The molecule has 0 aliphatic carbocycles. The largest absolute Gasteiger partial charge is 0.374 e. The van der Waals surface area contributed by atoms with Crippen molar-refractivity contribution in [3.8, 4) is 0 Å². The highest BCUT2D eigenvalue weighted by Gasteiger charge is 2.18. The summed E-state index contributed by atoms with van der Waals surface area (Å²) in [6, 6.07) is 7.08. The normalized spacial score (nSPS) is 18.7. The summed E-state index contributed by atoms with van der Waals surface area (Å²) in [6.07, 6.45) is 2.63. The minimum atomic E-state index is 0.368. The first-order chi connectivity index (χ1) is 10.0. The molecule has 0 aromatic heterocycles. The van der Waals surface area contributed by atoms with Crippen LogP contribution in [0.4, 0.5) is 5.69 Å². The maximum atomic E-state index is 3.72. The van der Waals surface area contributed by atoms with E-state index in [0.29, 0.717) is 6.04 Å². The van der Waals surface area contributed by atoms with Gasteiger partial charge in [-0.2, -0.15) is 0 Å². The number of halogens is 1. The SMILES string of the molecule is CNC(C)c1ccc(N(C)CC2CCN(C)CC2)cc1Br. The summed E-state index contributed by atoms with van der Waals surface area (Å²) in [5, 5.41) is 3.29. The zero-order chi connectivity index (χ0) is 15.4. The molecule has 1 aromatic carbocycles. The van der Waals surface area contributed by atoms with Gasteiger partial charge in [0.2, 0.25) is 0 Å². The highest BCUT2D eigenvalue weighted by atomic mass is 79.9. The van der Waals surface area contributed by atoms with E-state index in [2.05, 4.69) is 70.3 Å². The summed E-state index contributed by atoms with van der Waals surface area (Å²) >= 11 is 3.72. The number of piperidine rings is 1. The molecule has 118 valence electrons. The molecule has 1 heterocycles. The van der Waals surface area contributed by atoms with E-state index >= 15 is 0 Å². The second-order valence-corrected chi connectivity index (χ2v) is 7.20. The number of hydrogen-bond donors (Lipinski definition) is 1. The summed E-state index contributed by atoms with van der Waals surface area (Å²) in [5.41, 5.74) is 2.61. The molecule has 1 aromatic rings. The highest BCUT2D eigenvalue weighted by molar-refractivity contribution is 9.10. The van der Waals surface area contributed by atoms with E-state index in [0.717, 1.165) is 12.5 Å². The summed E-state index contributed by atoms with van der Waals surface area (Å²) < 4.78 is 1.19. The van der Waals surface area contributed by atoms with E-state index in [1.54, 1.807) is 0 Å². The van der Waals surface area contributed by atoms with Crippen molar-refractivity contribution in [2.45, 2.75) is 25.8 Å². The van der Waals surface area contributed by atoms with E-state index in [9.17, 15) is 0 Å². The van der Waals surface area contributed by atoms with Crippen molar-refractivity contribution < 1.29 is 0 Å². The molecule has 21 heavy (non-hydrogen) atoms. The molecule has 1 N–H and O–H groups in total. The lowest BCUT2D eigenvalue weighted by molar-refractivity contribution is 0.222. The van der Waals surface area contributed by atoms with Crippen molar-refractivity contribution in [1.82, 2.24) is 10.2 Å². The highest BCUT2D eigenvalue weighted by Crippen LogP contribution is 2.29. The lowest BCUT2D eigenvalue weighted by Gasteiger charge is -2.32. The third kappa shape index (κ3) is 4.44. The Labute approximate surface area is 137 Å². The number of rotatable bonds is 5. The van der Waals surface area contributed by atoms with Crippen LogP contribution in [-0.2, 0) is 0 Å². The molecule has 1 atom stereocenters. The lowest BCUT2D eigenvalue weighted by atomic mass is 9.96. The molecule has 1 fully saturated rings. The fourth-order valence-electron chi connectivity index (χ4n) is 3.00. The van der Waals surface area contributed by atoms with Gasteiger partial charge in [0.15, 0.2) is 0 Å². The predicted octanol–water partition coefficient (Wildman–Crippen LogP) is 3.51. The van der Waals surface area contributed by atoms with Crippen LogP contribution in [0.3, 0.4) is 0 Å². The molecule has 3 nitrogen and oxygen atoms in total. The molecule has 1 aliphatic rings. The molecule has 0 bridgehead atoms. The number of hydrogen-bond acceptors (Lipinski definition) is 3. The van der Waals surface area contributed by atoms with E-state index < -0.39 is 0 Å². The van der Waals surface area contributed by atoms with Crippen molar-refractivity contribution in [2.24, 2.45) is 5.92 Å². The molecule has 1 saturated heterocycles. The molecule has 2 rings (SSSR count). The zero-order valence-corrected chi connectivity index (χ0v) is 15.3. The average Bonchev–Trinajstić information content (AvgIpc) is 2.48. The minimum Gasteiger partial charge on any atom is -0.374 e. The number of likely N-dealkylation sites (tertiary alicyclic amines) is 1. The number of nitrogens with one attached hydrogen (secondary N) is 1. The van der Waals surface area contributed by atoms with Crippen LogP contribution in [0.15, 0.2) is 22.7 Å². The number of benzene rings is 1. The fraction of sp³-hybridized carbons (Fsp3) is 0.647. The number of anilines is 1. The van der Waals surface area contributed by atoms with Gasteiger partial charge in [0.1, 0.15) is 0 Å². The molecule has 0 saturated carbocycles. The van der Waals surface area contributed by atoms with Crippen LogP contribution in [0.2, 0.25) is 0 Å². The van der Waals surface area contributed by atoms with Gasteiger partial charge in [-0.25, -0.2) is 0 Å². The van der Waals surface area contributed by atoms with Crippen LogP contribution in [0, 0.1) is 5.92 Å². The quantitative estimate of drug-likeness (QED) is 0.873. The smallest absolute Gasteiger partial charge is 0.0375 e. The summed E-state index contributed by atoms with van der Waals surface area (Å²) in [7, 11) is 6.43. The Hall–Kier alpha value is -0.580. The van der Waals surface area contributed by atoms with E-state index in [-0.39, 0.29) is 0 Å². The maximum absolute atomic E-state index is 3.72. The number of nitrogens with zero attached hydrogens (tertiary/aromatic N) is 2. The summed E-state index contributed by atoms with van der Waals surface area (Å²) in [6.45, 7) is 5.81. The van der Waals surface area contributed by atoms with E-state index in [1.165, 1.54) is 41.7 Å². The fourth-order valence-corrected chi connectivity index (χ4v) is 3.71. The summed E-state index contributed by atoms with van der Waals surface area (Å²) in [5.74, 6) is 0.820. The Morgan fingerprint density at radius 1 is 1.38 bits per heavy atom. The second-order valence-electron chi connectivity index (χ2n) is 6.34. The monoisotopic (exact) mass is 353 g/mol. The first kappa shape index (κ1) is 16.8. The van der Waals surface area contributed by atoms with Crippen LogP contribution >= 0.6 is 15.9 Å². The van der Waals surface area contributed by atoms with Crippen LogP contribution in [0.25, 0.3) is 0 Å². The van der Waals surface area contributed by atoms with Crippen LogP contribution in [0.5, 0.6) is 0 Å². The van der Waals surface area contributed by atoms with Gasteiger partial charge in [0.25, 0.3) is 0 Å². The van der Waals surface area contributed by atoms with Crippen molar-refractivity contribution in [3.63, 3.8) is 0 Å². The molecule has 0 radical (unpaired) electrons. The molecule has 0 spiro atoms. The molecule has 4 heteroatoms. The molecular weight excluding hydrogens is 326 g/mol. The van der Waals surface area contributed by atoms with Gasteiger partial charge < -0.3 is 15.1 Å². The average molecular weight is 354 g/mol. The molecule has 1 unspecified atom stereocenters. The van der Waals surface area contributed by atoms with Crippen LogP contribution in [-0.4, -0.2) is 45.7 Å². The predicted molar refractivity (Wildman–Crippen MR) is 95.1 cm³/mol. The Kier molecular flexibility index (Phi) is 6.08. The van der Waals surface area contributed by atoms with Crippen molar-refractivity contribution in [1.29, 1.82) is 0 Å². The van der Waals surface area contributed by atoms with Gasteiger partial charge in [-0.3, -0.25) is 0 Å². The van der Waals surface area contributed by atoms with Crippen molar-refractivity contribution >= 4 is 21.6 Å². The van der Waals surface area contributed by atoms with Crippen molar-refractivity contribution in [3.05, 3.63) is 28.2 Å². The Morgan fingerprint density at radius 3 is 2.62 bits per heavy atom. The molecular formula is C17H28BrN3. The van der Waals surface area contributed by atoms with Crippen LogP contribution < -0.4 is 10.2 Å². The first-order valence-electron chi connectivity index (χ1n) is 7.87.